The summed E-state index contributed by atoms with van der Waals surface area (Å²) in [5, 5.41) is 3.95. The SMILES string of the molecule is CC(C(=O)Nc1ccc(Cl)cc1Cl)N1CCC(CN(C)CC2CC2)C1. The topological polar surface area (TPSA) is 35.6 Å². The molecular weight excluding hydrogens is 357 g/mol. The molecule has 1 saturated carbocycles. The third-order valence-corrected chi connectivity index (χ3v) is 5.82. The fourth-order valence-electron chi connectivity index (χ4n) is 3.61. The van der Waals surface area contributed by atoms with Crippen molar-refractivity contribution in [2.24, 2.45) is 11.8 Å². The second kappa shape index (κ2) is 8.26. The van der Waals surface area contributed by atoms with Gasteiger partial charge in [-0.3, -0.25) is 9.69 Å². The number of carbonyl (C=O) groups is 1. The average Bonchev–Trinajstić information content (AvgIpc) is 3.24. The summed E-state index contributed by atoms with van der Waals surface area (Å²) < 4.78 is 0. The van der Waals surface area contributed by atoms with E-state index in [4.69, 9.17) is 23.2 Å². The van der Waals surface area contributed by atoms with Crippen LogP contribution in [0.15, 0.2) is 18.2 Å². The van der Waals surface area contributed by atoms with Crippen LogP contribution in [0.2, 0.25) is 10.0 Å². The van der Waals surface area contributed by atoms with Crippen molar-refractivity contribution in [3.63, 3.8) is 0 Å². The van der Waals surface area contributed by atoms with Crippen LogP contribution in [0.5, 0.6) is 0 Å². The predicted molar refractivity (Wildman–Crippen MR) is 104 cm³/mol. The third-order valence-electron chi connectivity index (χ3n) is 5.27. The van der Waals surface area contributed by atoms with Crippen molar-refractivity contribution in [2.45, 2.75) is 32.2 Å². The highest BCUT2D eigenvalue weighted by molar-refractivity contribution is 6.36. The Hall–Kier alpha value is -0.810. The lowest BCUT2D eigenvalue weighted by atomic mass is 10.1. The van der Waals surface area contributed by atoms with Gasteiger partial charge in [-0.25, -0.2) is 0 Å². The maximum absolute atomic E-state index is 12.6. The van der Waals surface area contributed by atoms with Gasteiger partial charge in [0.05, 0.1) is 16.8 Å². The van der Waals surface area contributed by atoms with Gasteiger partial charge in [0.2, 0.25) is 5.91 Å². The van der Waals surface area contributed by atoms with Crippen molar-refractivity contribution in [3.8, 4) is 0 Å². The molecule has 2 fully saturated rings. The van der Waals surface area contributed by atoms with Crippen LogP contribution in [0.25, 0.3) is 0 Å². The highest BCUT2D eigenvalue weighted by atomic mass is 35.5. The van der Waals surface area contributed by atoms with E-state index in [1.807, 2.05) is 6.92 Å². The molecule has 1 N–H and O–H groups in total. The van der Waals surface area contributed by atoms with E-state index in [-0.39, 0.29) is 11.9 Å². The molecule has 0 spiro atoms. The van der Waals surface area contributed by atoms with Crippen LogP contribution >= 0.6 is 23.2 Å². The smallest absolute Gasteiger partial charge is 0.241 e. The average molecular weight is 384 g/mol. The van der Waals surface area contributed by atoms with Crippen LogP contribution < -0.4 is 5.32 Å². The normalized spacial score (nSPS) is 22.4. The summed E-state index contributed by atoms with van der Waals surface area (Å²) in [6.07, 6.45) is 3.95. The third kappa shape index (κ3) is 5.33. The summed E-state index contributed by atoms with van der Waals surface area (Å²) in [6.45, 7) is 6.28. The monoisotopic (exact) mass is 383 g/mol. The molecule has 2 unspecified atom stereocenters. The van der Waals surface area contributed by atoms with Gasteiger partial charge in [-0.15, -0.1) is 0 Å². The van der Waals surface area contributed by atoms with Crippen molar-refractivity contribution >= 4 is 34.8 Å². The zero-order chi connectivity index (χ0) is 18.0. The van der Waals surface area contributed by atoms with Crippen molar-refractivity contribution in [2.75, 3.05) is 38.5 Å². The molecule has 0 bridgehead atoms. The van der Waals surface area contributed by atoms with Gasteiger partial charge in [0.1, 0.15) is 0 Å². The summed E-state index contributed by atoms with van der Waals surface area (Å²) in [6, 6.07) is 4.96. The number of hydrogen-bond acceptors (Lipinski definition) is 3. The molecule has 0 aromatic heterocycles. The Morgan fingerprint density at radius 1 is 1.28 bits per heavy atom. The molecule has 1 aliphatic heterocycles. The van der Waals surface area contributed by atoms with Crippen LogP contribution in [0.3, 0.4) is 0 Å². The Balaban J connectivity index is 1.48. The number of amides is 1. The van der Waals surface area contributed by atoms with Gasteiger partial charge in [-0.05, 0) is 69.8 Å². The minimum absolute atomic E-state index is 0.0174. The second-order valence-corrected chi connectivity index (χ2v) is 8.45. The lowest BCUT2D eigenvalue weighted by Crippen LogP contribution is -2.41. The summed E-state index contributed by atoms with van der Waals surface area (Å²) >= 11 is 12.0. The number of nitrogens with zero attached hydrogens (tertiary/aromatic N) is 2. The number of anilines is 1. The number of benzene rings is 1. The lowest BCUT2D eigenvalue weighted by Gasteiger charge is -2.25. The van der Waals surface area contributed by atoms with Gasteiger partial charge in [-0.2, -0.15) is 0 Å². The number of hydrogen-bond donors (Lipinski definition) is 1. The van der Waals surface area contributed by atoms with Crippen molar-refractivity contribution < 1.29 is 4.79 Å². The van der Waals surface area contributed by atoms with E-state index < -0.39 is 0 Å². The summed E-state index contributed by atoms with van der Waals surface area (Å²) in [5.74, 6) is 1.56. The molecule has 1 aliphatic carbocycles. The molecule has 1 heterocycles. The van der Waals surface area contributed by atoms with Gasteiger partial charge >= 0.3 is 0 Å². The van der Waals surface area contributed by atoms with E-state index >= 15 is 0 Å². The molecule has 3 rings (SSSR count). The highest BCUT2D eigenvalue weighted by Gasteiger charge is 2.31. The first-order chi connectivity index (χ1) is 11.9. The van der Waals surface area contributed by atoms with E-state index in [2.05, 4.69) is 22.2 Å². The first-order valence-corrected chi connectivity index (χ1v) is 9.86. The fraction of sp³-hybridized carbons (Fsp3) is 0.632. The molecule has 1 aromatic rings. The maximum Gasteiger partial charge on any atom is 0.241 e. The molecule has 6 heteroatoms. The molecule has 2 aliphatic rings. The molecule has 0 radical (unpaired) electrons. The second-order valence-electron chi connectivity index (χ2n) is 7.60. The molecule has 1 saturated heterocycles. The van der Waals surface area contributed by atoms with E-state index in [0.29, 0.717) is 21.7 Å². The van der Waals surface area contributed by atoms with Crippen molar-refractivity contribution in [3.05, 3.63) is 28.2 Å². The van der Waals surface area contributed by atoms with Crippen LogP contribution in [-0.4, -0.2) is 55.0 Å². The number of nitrogens with one attached hydrogen (secondary N) is 1. The number of carbonyl (C=O) groups excluding carboxylic acids is 1. The van der Waals surface area contributed by atoms with Crippen molar-refractivity contribution in [1.82, 2.24) is 9.80 Å². The zero-order valence-electron chi connectivity index (χ0n) is 15.0. The Labute approximate surface area is 160 Å². The van der Waals surface area contributed by atoms with E-state index in [1.165, 1.54) is 19.4 Å². The van der Waals surface area contributed by atoms with Crippen LogP contribution in [0.4, 0.5) is 5.69 Å². The molecule has 1 aromatic carbocycles. The molecule has 25 heavy (non-hydrogen) atoms. The van der Waals surface area contributed by atoms with Gasteiger partial charge < -0.3 is 10.2 Å². The summed E-state index contributed by atoms with van der Waals surface area (Å²) in [4.78, 5) is 17.3. The quantitative estimate of drug-likeness (QED) is 0.772. The van der Waals surface area contributed by atoms with E-state index in [0.717, 1.165) is 32.0 Å². The van der Waals surface area contributed by atoms with Gasteiger partial charge in [0.15, 0.2) is 0 Å². The zero-order valence-corrected chi connectivity index (χ0v) is 16.5. The van der Waals surface area contributed by atoms with Crippen molar-refractivity contribution in [1.29, 1.82) is 0 Å². The van der Waals surface area contributed by atoms with E-state index in [1.54, 1.807) is 18.2 Å². The predicted octanol–water partition coefficient (Wildman–Crippen LogP) is 3.98. The lowest BCUT2D eigenvalue weighted by molar-refractivity contribution is -0.120. The Morgan fingerprint density at radius 3 is 2.68 bits per heavy atom. The van der Waals surface area contributed by atoms with Crippen LogP contribution in [0, 0.1) is 11.8 Å². The summed E-state index contributed by atoms with van der Waals surface area (Å²) in [7, 11) is 2.22. The largest absolute Gasteiger partial charge is 0.323 e. The Kier molecular flexibility index (Phi) is 6.26. The maximum atomic E-state index is 12.6. The highest BCUT2D eigenvalue weighted by Crippen LogP contribution is 2.30. The molecular formula is C19H27Cl2N3O. The Morgan fingerprint density at radius 2 is 2.00 bits per heavy atom. The minimum atomic E-state index is -0.162. The first kappa shape index (κ1) is 19.0. The van der Waals surface area contributed by atoms with Gasteiger partial charge in [0.25, 0.3) is 0 Å². The standard InChI is InChI=1S/C19H27Cl2N3O/c1-13(19(25)22-18-6-5-16(20)9-17(18)21)24-8-7-15(12-24)11-23(2)10-14-3-4-14/h5-6,9,13-15H,3-4,7-8,10-12H2,1-2H3,(H,22,25). The first-order valence-electron chi connectivity index (χ1n) is 9.11. The molecule has 138 valence electrons. The molecule has 4 nitrogen and oxygen atoms in total. The van der Waals surface area contributed by atoms with E-state index in [9.17, 15) is 4.79 Å². The minimum Gasteiger partial charge on any atom is -0.323 e. The summed E-state index contributed by atoms with van der Waals surface area (Å²) in [5.41, 5.74) is 0.614. The van der Waals surface area contributed by atoms with Gasteiger partial charge in [-0.1, -0.05) is 23.2 Å². The molecule has 1 amide bonds. The van der Waals surface area contributed by atoms with Gasteiger partial charge in [0, 0.05) is 24.7 Å². The number of halogens is 2. The fourth-order valence-corrected chi connectivity index (χ4v) is 4.07. The van der Waals surface area contributed by atoms with Crippen LogP contribution in [0.1, 0.15) is 26.2 Å². The Bertz CT molecular complexity index is 621. The number of likely N-dealkylation sites (tertiary alicyclic amines) is 1. The molecule has 2 atom stereocenters. The van der Waals surface area contributed by atoms with Crippen LogP contribution in [-0.2, 0) is 4.79 Å². The number of rotatable bonds is 7.